The van der Waals surface area contributed by atoms with E-state index < -0.39 is 5.56 Å². The fourth-order valence-corrected chi connectivity index (χ4v) is 8.72. The SMILES string of the molecule is COc1cc(OC)cc(-c2nc(-c3nc(-c4cn(CCOCOc5cc(OC)cc(-c6nc(-c7nc(-c8ccc(C9CCN(C)CC9)nc8)cnc7N)cn(C)c6=O)c5Cl)nc4C)cnc3N)cn(C)c2=O)c1. The lowest BCUT2D eigenvalue weighted by molar-refractivity contribution is 0.0106. The molecule has 8 aromatic rings. The number of nitrogens with two attached hydrogens (primary N) is 2. The number of likely N-dealkylation sites (tertiary alicyclic amines) is 1. The van der Waals surface area contributed by atoms with Crippen LogP contribution >= 0.6 is 11.6 Å². The lowest BCUT2D eigenvalue weighted by Gasteiger charge is -2.28. The molecule has 4 N–H and O–H groups in total. The van der Waals surface area contributed by atoms with Gasteiger partial charge in [-0.1, -0.05) is 11.6 Å². The molecule has 0 saturated carbocycles. The Balaban J connectivity index is 0.888. The van der Waals surface area contributed by atoms with Crippen LogP contribution in [0.5, 0.6) is 23.0 Å². The number of nitrogens with zero attached hydrogens (tertiary/aromatic N) is 12. The number of aromatic nitrogens is 11. The van der Waals surface area contributed by atoms with Crippen LogP contribution < -0.4 is 41.5 Å². The first-order valence-corrected chi connectivity index (χ1v) is 23.5. The minimum absolute atomic E-state index is 0.0119. The molecule has 1 aliphatic heterocycles. The Labute approximate surface area is 424 Å². The number of piperidine rings is 1. The van der Waals surface area contributed by atoms with Gasteiger partial charge >= 0.3 is 0 Å². The van der Waals surface area contributed by atoms with Crippen molar-refractivity contribution in [3.05, 3.63) is 117 Å². The molecule has 73 heavy (non-hydrogen) atoms. The van der Waals surface area contributed by atoms with Crippen molar-refractivity contribution < 1.29 is 23.7 Å². The predicted octanol–water partition coefficient (Wildman–Crippen LogP) is 6.06. The van der Waals surface area contributed by atoms with Gasteiger partial charge in [0.1, 0.15) is 57.2 Å². The number of hydrogen-bond acceptors (Lipinski definition) is 18. The number of anilines is 2. The van der Waals surface area contributed by atoms with E-state index in [4.69, 9.17) is 71.7 Å². The van der Waals surface area contributed by atoms with Gasteiger partial charge in [0.2, 0.25) is 0 Å². The molecule has 0 spiro atoms. The van der Waals surface area contributed by atoms with Crippen molar-refractivity contribution >= 4 is 23.2 Å². The molecule has 1 saturated heterocycles. The van der Waals surface area contributed by atoms with E-state index in [0.717, 1.165) is 37.2 Å². The lowest BCUT2D eigenvalue weighted by atomic mass is 9.93. The topological polar surface area (TPSA) is 253 Å². The highest BCUT2D eigenvalue weighted by Gasteiger charge is 2.23. The van der Waals surface area contributed by atoms with Gasteiger partial charge < -0.3 is 49.2 Å². The first kappa shape index (κ1) is 49.7. The van der Waals surface area contributed by atoms with Crippen LogP contribution in [0.2, 0.25) is 5.02 Å². The van der Waals surface area contributed by atoms with E-state index in [-0.39, 0.29) is 69.7 Å². The molecule has 0 bridgehead atoms. The summed E-state index contributed by atoms with van der Waals surface area (Å²) in [6.45, 7) is 4.25. The van der Waals surface area contributed by atoms with Gasteiger partial charge in [-0.05, 0) is 70.2 Å². The zero-order chi connectivity index (χ0) is 51.5. The van der Waals surface area contributed by atoms with Gasteiger partial charge in [-0.2, -0.15) is 5.10 Å². The first-order chi connectivity index (χ1) is 35.2. The van der Waals surface area contributed by atoms with Crippen LogP contribution in [0.1, 0.15) is 30.1 Å². The van der Waals surface area contributed by atoms with Gasteiger partial charge in [0.15, 0.2) is 18.4 Å². The fourth-order valence-electron chi connectivity index (χ4n) is 8.47. The van der Waals surface area contributed by atoms with Crippen molar-refractivity contribution in [1.82, 2.24) is 58.7 Å². The van der Waals surface area contributed by atoms with Gasteiger partial charge in [0.25, 0.3) is 11.1 Å². The van der Waals surface area contributed by atoms with Crippen LogP contribution in [0.15, 0.2) is 89.2 Å². The molecule has 0 amide bonds. The molecule has 1 aliphatic rings. The predicted molar refractivity (Wildman–Crippen MR) is 275 cm³/mol. The zero-order valence-electron chi connectivity index (χ0n) is 41.3. The number of methoxy groups -OCH3 is 3. The van der Waals surface area contributed by atoms with Gasteiger partial charge in [-0.25, -0.2) is 29.9 Å². The number of benzene rings is 2. The summed E-state index contributed by atoms with van der Waals surface area (Å²) in [5, 5.41) is 4.78. The Morgan fingerprint density at radius 1 is 0.658 bits per heavy atom. The standard InChI is InChI=1S/C51H53ClN14O7/c1-28-36(39-23-57-49(54)47(59-39)40-25-64(3)50(67)44(60-40)31-16-32(69-5)18-33(17-31)70-6)24-66(62-28)14-15-72-27-73-42-20-34(71-7)19-35(43(42)52)45-51(68)65(4)26-41(61-45)46-48(53)56-22-38(58-46)30-8-9-37(55-21-30)29-10-12-63(2)13-11-29/h8-9,16-26,29H,10-15,27H2,1-7H3,(H2,53,56)(H2,54,57). The molecule has 376 valence electrons. The number of halogens is 1. The molecule has 0 aliphatic carbocycles. The van der Waals surface area contributed by atoms with Gasteiger partial charge in [0, 0.05) is 84.9 Å². The minimum atomic E-state index is -0.434. The minimum Gasteiger partial charge on any atom is -0.497 e. The largest absolute Gasteiger partial charge is 0.497 e. The van der Waals surface area contributed by atoms with Crippen molar-refractivity contribution in [2.45, 2.75) is 32.2 Å². The highest BCUT2D eigenvalue weighted by atomic mass is 35.5. The first-order valence-electron chi connectivity index (χ1n) is 23.1. The molecule has 21 nitrogen and oxygen atoms in total. The van der Waals surface area contributed by atoms with E-state index >= 15 is 0 Å². The third-order valence-electron chi connectivity index (χ3n) is 12.6. The fraction of sp³-hybridized carbons (Fsp3) is 0.294. The number of ether oxygens (including phenoxy) is 5. The summed E-state index contributed by atoms with van der Waals surface area (Å²) in [6.07, 6.45) is 12.0. The van der Waals surface area contributed by atoms with Crippen LogP contribution in [-0.4, -0.2) is 114 Å². The Bertz CT molecular complexity index is 3440. The summed E-state index contributed by atoms with van der Waals surface area (Å²) in [5.41, 5.74) is 18.3. The summed E-state index contributed by atoms with van der Waals surface area (Å²) in [4.78, 5) is 62.2. The maximum atomic E-state index is 13.8. The normalized spacial score (nSPS) is 13.0. The van der Waals surface area contributed by atoms with Crippen LogP contribution in [0.3, 0.4) is 0 Å². The van der Waals surface area contributed by atoms with Gasteiger partial charge in [-0.3, -0.25) is 19.3 Å². The van der Waals surface area contributed by atoms with Crippen molar-refractivity contribution in [1.29, 1.82) is 0 Å². The van der Waals surface area contributed by atoms with E-state index in [1.165, 1.54) is 30.5 Å². The maximum absolute atomic E-state index is 13.8. The van der Waals surface area contributed by atoms with Gasteiger partial charge in [0.05, 0.1) is 69.0 Å². The average Bonchev–Trinajstić information content (AvgIpc) is 3.78. The maximum Gasteiger partial charge on any atom is 0.276 e. The summed E-state index contributed by atoms with van der Waals surface area (Å²) >= 11 is 6.98. The van der Waals surface area contributed by atoms with E-state index in [0.29, 0.717) is 69.3 Å². The lowest BCUT2D eigenvalue weighted by Crippen LogP contribution is -2.29. The van der Waals surface area contributed by atoms with Crippen molar-refractivity contribution in [3.63, 3.8) is 0 Å². The molecule has 22 heteroatoms. The highest BCUT2D eigenvalue weighted by Crippen LogP contribution is 2.39. The van der Waals surface area contributed by atoms with E-state index in [9.17, 15) is 9.59 Å². The van der Waals surface area contributed by atoms with Crippen molar-refractivity contribution in [2.24, 2.45) is 14.1 Å². The van der Waals surface area contributed by atoms with Crippen molar-refractivity contribution in [3.8, 4) is 90.8 Å². The highest BCUT2D eigenvalue weighted by molar-refractivity contribution is 6.34. The second-order valence-electron chi connectivity index (χ2n) is 17.5. The molecule has 0 unspecified atom stereocenters. The Morgan fingerprint density at radius 3 is 1.88 bits per heavy atom. The van der Waals surface area contributed by atoms with Crippen molar-refractivity contribution in [2.75, 3.05) is 66.3 Å². The van der Waals surface area contributed by atoms with Gasteiger partial charge in [-0.15, -0.1) is 0 Å². The molecule has 9 rings (SSSR count). The second-order valence-corrected chi connectivity index (χ2v) is 17.8. The smallest absolute Gasteiger partial charge is 0.276 e. The third kappa shape index (κ3) is 10.5. The monoisotopic (exact) mass is 1010 g/mol. The molecule has 0 atom stereocenters. The molecule has 2 aromatic carbocycles. The third-order valence-corrected chi connectivity index (χ3v) is 13.0. The summed E-state index contributed by atoms with van der Waals surface area (Å²) < 4.78 is 32.9. The van der Waals surface area contributed by atoms with Crippen LogP contribution in [-0.2, 0) is 25.4 Å². The summed E-state index contributed by atoms with van der Waals surface area (Å²) in [5.74, 6) is 2.20. The summed E-state index contributed by atoms with van der Waals surface area (Å²) in [6, 6.07) is 12.3. The number of pyridine rings is 1. The van der Waals surface area contributed by atoms with Crippen LogP contribution in [0.4, 0.5) is 11.6 Å². The molecule has 1 fully saturated rings. The van der Waals surface area contributed by atoms with Crippen LogP contribution in [0, 0.1) is 6.92 Å². The molecule has 6 aromatic heterocycles. The number of rotatable bonds is 16. The number of hydrogen-bond donors (Lipinski definition) is 2. The number of aryl methyl sites for hydroxylation is 3. The number of nitrogen functional groups attached to an aromatic ring is 2. The molecular weight excluding hydrogens is 956 g/mol. The van der Waals surface area contributed by atoms with Crippen LogP contribution in [0.25, 0.3) is 67.8 Å². The Hall–Kier alpha value is -8.27. The summed E-state index contributed by atoms with van der Waals surface area (Å²) in [7, 11) is 9.90. The zero-order valence-corrected chi connectivity index (χ0v) is 42.0. The quantitative estimate of drug-likeness (QED) is 0.0824. The molecule has 0 radical (unpaired) electrons. The average molecular weight is 1010 g/mol. The second kappa shape index (κ2) is 21.2. The Kier molecular flexibility index (Phi) is 14.4. The van der Waals surface area contributed by atoms with E-state index in [1.54, 1.807) is 80.1 Å². The molecule has 7 heterocycles. The van der Waals surface area contributed by atoms with E-state index in [1.807, 2.05) is 25.3 Å². The Morgan fingerprint density at radius 2 is 1.25 bits per heavy atom. The van der Waals surface area contributed by atoms with E-state index in [2.05, 4.69) is 27.0 Å². The molecular formula is C51H53ClN14O7.